The third-order valence-electron chi connectivity index (χ3n) is 6.08. The van der Waals surface area contributed by atoms with E-state index in [0.29, 0.717) is 25.0 Å². The van der Waals surface area contributed by atoms with Gasteiger partial charge in [0.25, 0.3) is 0 Å². The summed E-state index contributed by atoms with van der Waals surface area (Å²) in [6, 6.07) is 9.77. The van der Waals surface area contributed by atoms with Crippen molar-refractivity contribution in [2.24, 2.45) is 5.92 Å². The van der Waals surface area contributed by atoms with Crippen LogP contribution in [-0.4, -0.2) is 48.6 Å². The standard InChI is InChI=1S/C22H34N4O2/c1-17-9-5-6-13-20(17)25-21(27)16-26-14-8-7-12-19(26)15-23-22(28)24-18-10-3-2-4-11-18/h2-4,10-11,17,19-20H,5-9,12-16H2,1H3,(H,25,27)(H2,23,24,28)/t17-,19+,20-/m1/s1. The van der Waals surface area contributed by atoms with E-state index in [1.807, 2.05) is 30.3 Å². The highest BCUT2D eigenvalue weighted by molar-refractivity contribution is 5.89. The number of benzene rings is 1. The highest BCUT2D eigenvalue weighted by Crippen LogP contribution is 2.24. The van der Waals surface area contributed by atoms with Crippen LogP contribution in [-0.2, 0) is 4.79 Å². The number of piperidine rings is 1. The fraction of sp³-hybridized carbons (Fsp3) is 0.636. The molecule has 0 radical (unpaired) electrons. The van der Waals surface area contributed by atoms with Gasteiger partial charge in [0.05, 0.1) is 6.54 Å². The van der Waals surface area contributed by atoms with Gasteiger partial charge in [0.2, 0.25) is 5.91 Å². The quantitative estimate of drug-likeness (QED) is 0.702. The molecule has 3 rings (SSSR count). The van der Waals surface area contributed by atoms with Crippen LogP contribution in [0.3, 0.4) is 0 Å². The number of nitrogens with one attached hydrogen (secondary N) is 3. The fourth-order valence-electron chi connectivity index (χ4n) is 4.37. The molecular weight excluding hydrogens is 352 g/mol. The molecular formula is C22H34N4O2. The molecule has 1 aromatic rings. The number of likely N-dealkylation sites (tertiary alicyclic amines) is 1. The minimum absolute atomic E-state index is 0.124. The summed E-state index contributed by atoms with van der Waals surface area (Å²) in [6.07, 6.45) is 8.05. The van der Waals surface area contributed by atoms with Gasteiger partial charge in [0.1, 0.15) is 0 Å². The van der Waals surface area contributed by atoms with Crippen molar-refractivity contribution in [1.82, 2.24) is 15.5 Å². The zero-order valence-corrected chi connectivity index (χ0v) is 17.0. The average Bonchev–Trinajstić information content (AvgIpc) is 2.70. The number of hydrogen-bond donors (Lipinski definition) is 3. The molecule has 2 aliphatic rings. The lowest BCUT2D eigenvalue weighted by molar-refractivity contribution is -0.124. The van der Waals surface area contributed by atoms with E-state index in [9.17, 15) is 9.59 Å². The van der Waals surface area contributed by atoms with Crippen LogP contribution in [0, 0.1) is 5.92 Å². The molecule has 1 aliphatic carbocycles. The summed E-state index contributed by atoms with van der Waals surface area (Å²) in [4.78, 5) is 27.0. The maximum absolute atomic E-state index is 12.6. The molecule has 0 bridgehead atoms. The molecule has 28 heavy (non-hydrogen) atoms. The van der Waals surface area contributed by atoms with E-state index in [1.165, 1.54) is 19.3 Å². The van der Waals surface area contributed by atoms with Crippen molar-refractivity contribution in [3.63, 3.8) is 0 Å². The van der Waals surface area contributed by atoms with Gasteiger partial charge in [0, 0.05) is 24.3 Å². The number of rotatable bonds is 6. The lowest BCUT2D eigenvalue weighted by Crippen LogP contribution is -2.52. The van der Waals surface area contributed by atoms with E-state index in [-0.39, 0.29) is 18.0 Å². The van der Waals surface area contributed by atoms with Crippen LogP contribution in [0.15, 0.2) is 30.3 Å². The number of carbonyl (C=O) groups excluding carboxylic acids is 2. The molecule has 2 fully saturated rings. The fourth-order valence-corrected chi connectivity index (χ4v) is 4.37. The Morgan fingerprint density at radius 2 is 1.79 bits per heavy atom. The number of carbonyl (C=O) groups is 2. The Morgan fingerprint density at radius 1 is 1.04 bits per heavy atom. The van der Waals surface area contributed by atoms with Gasteiger partial charge < -0.3 is 16.0 Å². The summed E-state index contributed by atoms with van der Waals surface area (Å²) in [5.74, 6) is 0.692. The predicted octanol–water partition coefficient (Wildman–Crippen LogP) is 3.36. The van der Waals surface area contributed by atoms with E-state index < -0.39 is 0 Å². The van der Waals surface area contributed by atoms with Crippen LogP contribution in [0.2, 0.25) is 0 Å². The molecule has 3 atom stereocenters. The topological polar surface area (TPSA) is 73.5 Å². The first-order chi connectivity index (χ1) is 13.6. The number of urea groups is 1. The first-order valence-corrected chi connectivity index (χ1v) is 10.7. The molecule has 3 amide bonds. The lowest BCUT2D eigenvalue weighted by Gasteiger charge is -2.36. The summed E-state index contributed by atoms with van der Waals surface area (Å²) in [6.45, 7) is 4.14. The third kappa shape index (κ3) is 6.23. The summed E-state index contributed by atoms with van der Waals surface area (Å²) < 4.78 is 0. The number of anilines is 1. The molecule has 6 nitrogen and oxygen atoms in total. The molecule has 0 aromatic heterocycles. The second-order valence-corrected chi connectivity index (χ2v) is 8.26. The molecule has 6 heteroatoms. The van der Waals surface area contributed by atoms with E-state index in [1.54, 1.807) is 0 Å². The lowest BCUT2D eigenvalue weighted by atomic mass is 9.86. The molecule has 1 aromatic carbocycles. The Bertz CT molecular complexity index is 637. The molecule has 154 valence electrons. The Labute approximate surface area is 168 Å². The third-order valence-corrected chi connectivity index (χ3v) is 6.08. The van der Waals surface area contributed by atoms with Gasteiger partial charge in [-0.2, -0.15) is 0 Å². The minimum Gasteiger partial charge on any atom is -0.352 e. The van der Waals surface area contributed by atoms with Crippen LogP contribution < -0.4 is 16.0 Å². The average molecular weight is 387 g/mol. The first-order valence-electron chi connectivity index (χ1n) is 10.7. The van der Waals surface area contributed by atoms with Crippen molar-refractivity contribution in [3.05, 3.63) is 30.3 Å². The maximum Gasteiger partial charge on any atom is 0.319 e. The van der Waals surface area contributed by atoms with E-state index in [2.05, 4.69) is 27.8 Å². The van der Waals surface area contributed by atoms with Gasteiger partial charge in [0.15, 0.2) is 0 Å². The van der Waals surface area contributed by atoms with E-state index in [0.717, 1.165) is 37.9 Å². The van der Waals surface area contributed by atoms with Crippen molar-refractivity contribution >= 4 is 17.6 Å². The van der Waals surface area contributed by atoms with Gasteiger partial charge in [-0.05, 0) is 50.3 Å². The van der Waals surface area contributed by atoms with Crippen LogP contribution >= 0.6 is 0 Å². The van der Waals surface area contributed by atoms with Crippen LogP contribution in [0.1, 0.15) is 51.9 Å². The van der Waals surface area contributed by atoms with Crippen molar-refractivity contribution in [1.29, 1.82) is 0 Å². The Kier molecular flexibility index (Phi) is 7.71. The van der Waals surface area contributed by atoms with Gasteiger partial charge in [-0.25, -0.2) is 4.79 Å². The summed E-state index contributed by atoms with van der Waals surface area (Å²) in [5.41, 5.74) is 0.779. The number of nitrogens with zero attached hydrogens (tertiary/aromatic N) is 1. The molecule has 1 heterocycles. The monoisotopic (exact) mass is 386 g/mol. The SMILES string of the molecule is C[C@@H]1CCCC[C@H]1NC(=O)CN1CCCC[C@H]1CNC(=O)Nc1ccccc1. The molecule has 0 unspecified atom stereocenters. The van der Waals surface area contributed by atoms with Gasteiger partial charge >= 0.3 is 6.03 Å². The normalized spacial score (nSPS) is 25.7. The molecule has 1 saturated heterocycles. The maximum atomic E-state index is 12.6. The summed E-state index contributed by atoms with van der Waals surface area (Å²) in [7, 11) is 0. The highest BCUT2D eigenvalue weighted by atomic mass is 16.2. The van der Waals surface area contributed by atoms with Gasteiger partial charge in [-0.3, -0.25) is 9.69 Å². The summed E-state index contributed by atoms with van der Waals surface area (Å²) >= 11 is 0. The number of para-hydroxylation sites is 1. The second kappa shape index (κ2) is 10.5. The molecule has 1 aliphatic heterocycles. The van der Waals surface area contributed by atoms with Crippen LogP contribution in [0.4, 0.5) is 10.5 Å². The van der Waals surface area contributed by atoms with E-state index >= 15 is 0 Å². The second-order valence-electron chi connectivity index (χ2n) is 8.26. The Balaban J connectivity index is 1.45. The van der Waals surface area contributed by atoms with Crippen molar-refractivity contribution in [3.8, 4) is 0 Å². The first kappa shape index (κ1) is 20.6. The minimum atomic E-state index is -0.197. The highest BCUT2D eigenvalue weighted by Gasteiger charge is 2.27. The van der Waals surface area contributed by atoms with Crippen molar-refractivity contribution in [2.45, 2.75) is 64.0 Å². The Morgan fingerprint density at radius 3 is 2.57 bits per heavy atom. The van der Waals surface area contributed by atoms with Gasteiger partial charge in [-0.1, -0.05) is 44.4 Å². The molecule has 3 N–H and O–H groups in total. The summed E-state index contributed by atoms with van der Waals surface area (Å²) in [5, 5.41) is 9.07. The van der Waals surface area contributed by atoms with Crippen LogP contribution in [0.5, 0.6) is 0 Å². The Hall–Kier alpha value is -2.08. The number of hydrogen-bond acceptors (Lipinski definition) is 3. The largest absolute Gasteiger partial charge is 0.352 e. The zero-order valence-electron chi connectivity index (χ0n) is 17.0. The van der Waals surface area contributed by atoms with Crippen molar-refractivity contribution in [2.75, 3.05) is 25.0 Å². The zero-order chi connectivity index (χ0) is 19.8. The number of amides is 3. The van der Waals surface area contributed by atoms with Crippen LogP contribution in [0.25, 0.3) is 0 Å². The smallest absolute Gasteiger partial charge is 0.319 e. The molecule has 1 saturated carbocycles. The predicted molar refractivity (Wildman–Crippen MR) is 112 cm³/mol. The van der Waals surface area contributed by atoms with E-state index in [4.69, 9.17) is 0 Å². The van der Waals surface area contributed by atoms with Crippen molar-refractivity contribution < 1.29 is 9.59 Å². The molecule has 0 spiro atoms. The van der Waals surface area contributed by atoms with Gasteiger partial charge in [-0.15, -0.1) is 0 Å².